The van der Waals surface area contributed by atoms with Crippen LogP contribution in [0.25, 0.3) is 22.1 Å². The van der Waals surface area contributed by atoms with Crippen molar-refractivity contribution in [1.29, 1.82) is 0 Å². The second kappa shape index (κ2) is 7.40. The third kappa shape index (κ3) is 3.31. The average molecular weight is 351 g/mol. The Labute approximate surface area is 150 Å². The number of hydrogen-bond donors (Lipinski definition) is 4. The Balaban J connectivity index is 1.46. The van der Waals surface area contributed by atoms with Crippen LogP contribution in [0.1, 0.15) is 5.56 Å². The summed E-state index contributed by atoms with van der Waals surface area (Å²) >= 11 is 0. The second-order valence-corrected chi connectivity index (χ2v) is 5.95. The second-order valence-electron chi connectivity index (χ2n) is 5.95. The van der Waals surface area contributed by atoms with E-state index in [0.29, 0.717) is 24.7 Å². The van der Waals surface area contributed by atoms with Crippen molar-refractivity contribution >= 4 is 33.8 Å². The molecule has 8 heteroatoms. The third-order valence-corrected chi connectivity index (χ3v) is 4.24. The zero-order valence-corrected chi connectivity index (χ0v) is 14.5. The van der Waals surface area contributed by atoms with E-state index in [0.717, 1.165) is 29.8 Å². The first kappa shape index (κ1) is 16.3. The number of aromatic amines is 2. The van der Waals surface area contributed by atoms with E-state index in [1.54, 1.807) is 13.4 Å². The van der Waals surface area contributed by atoms with Crippen LogP contribution in [0.4, 0.5) is 11.8 Å². The van der Waals surface area contributed by atoms with Gasteiger partial charge in [-0.2, -0.15) is 9.97 Å². The minimum absolute atomic E-state index is 0.560. The number of hydrogen-bond acceptors (Lipinski definition) is 6. The quantitative estimate of drug-likeness (QED) is 0.364. The maximum absolute atomic E-state index is 5.08. The van der Waals surface area contributed by atoms with Crippen molar-refractivity contribution in [3.63, 3.8) is 0 Å². The smallest absolute Gasteiger partial charge is 0.226 e. The van der Waals surface area contributed by atoms with Crippen molar-refractivity contribution in [3.05, 3.63) is 42.4 Å². The van der Waals surface area contributed by atoms with E-state index in [1.807, 2.05) is 6.07 Å². The predicted octanol–water partition coefficient (Wildman–Crippen LogP) is 2.55. The van der Waals surface area contributed by atoms with E-state index >= 15 is 0 Å². The molecule has 4 rings (SSSR count). The molecule has 3 heterocycles. The molecule has 134 valence electrons. The number of rotatable bonds is 8. The summed E-state index contributed by atoms with van der Waals surface area (Å²) in [7, 11) is 1.67. The molecule has 8 nitrogen and oxygen atoms in total. The molecule has 1 aromatic carbocycles. The summed E-state index contributed by atoms with van der Waals surface area (Å²) in [6, 6.07) is 8.30. The number of nitrogens with zero attached hydrogens (tertiary/aromatic N) is 3. The van der Waals surface area contributed by atoms with Gasteiger partial charge in [-0.15, -0.1) is 0 Å². The number of para-hydroxylation sites is 1. The number of nitrogens with one attached hydrogen (secondary N) is 4. The van der Waals surface area contributed by atoms with E-state index in [2.05, 4.69) is 59.9 Å². The molecule has 0 amide bonds. The van der Waals surface area contributed by atoms with Gasteiger partial charge in [0.15, 0.2) is 11.5 Å². The molecule has 0 aliphatic carbocycles. The number of methoxy groups -OCH3 is 1. The molecule has 0 fully saturated rings. The maximum atomic E-state index is 5.08. The Hall–Kier alpha value is -3.13. The van der Waals surface area contributed by atoms with Crippen LogP contribution in [0, 0.1) is 0 Å². The molecule has 0 unspecified atom stereocenters. The largest absolute Gasteiger partial charge is 0.383 e. The zero-order valence-electron chi connectivity index (χ0n) is 14.5. The number of benzene rings is 1. The number of aromatic nitrogens is 5. The molecule has 4 N–H and O–H groups in total. The molecule has 3 aromatic heterocycles. The van der Waals surface area contributed by atoms with Crippen LogP contribution in [0.5, 0.6) is 0 Å². The van der Waals surface area contributed by atoms with Gasteiger partial charge in [-0.1, -0.05) is 18.2 Å². The highest BCUT2D eigenvalue weighted by Gasteiger charge is 2.10. The van der Waals surface area contributed by atoms with Crippen LogP contribution in [-0.4, -0.2) is 51.7 Å². The summed E-state index contributed by atoms with van der Waals surface area (Å²) in [5, 5.41) is 7.80. The lowest BCUT2D eigenvalue weighted by Crippen LogP contribution is -2.12. The Morgan fingerprint density at radius 3 is 2.92 bits per heavy atom. The van der Waals surface area contributed by atoms with Crippen LogP contribution >= 0.6 is 0 Å². The van der Waals surface area contributed by atoms with Gasteiger partial charge in [-0.3, -0.25) is 0 Å². The molecule has 26 heavy (non-hydrogen) atoms. The van der Waals surface area contributed by atoms with E-state index in [4.69, 9.17) is 4.74 Å². The number of anilines is 2. The highest BCUT2D eigenvalue weighted by molar-refractivity contribution is 5.84. The van der Waals surface area contributed by atoms with Gasteiger partial charge in [0, 0.05) is 37.3 Å². The Morgan fingerprint density at radius 2 is 2.00 bits per heavy atom. The first-order valence-corrected chi connectivity index (χ1v) is 8.58. The van der Waals surface area contributed by atoms with Gasteiger partial charge >= 0.3 is 0 Å². The van der Waals surface area contributed by atoms with Crippen LogP contribution in [-0.2, 0) is 11.2 Å². The van der Waals surface area contributed by atoms with Gasteiger partial charge in [0.2, 0.25) is 5.95 Å². The summed E-state index contributed by atoms with van der Waals surface area (Å²) in [5.74, 6) is 1.28. The molecule has 0 radical (unpaired) electrons. The van der Waals surface area contributed by atoms with Crippen LogP contribution in [0.2, 0.25) is 0 Å². The maximum Gasteiger partial charge on any atom is 0.226 e. The number of ether oxygens (including phenoxy) is 1. The van der Waals surface area contributed by atoms with Gasteiger partial charge in [0.25, 0.3) is 0 Å². The number of imidazole rings is 1. The topological polar surface area (TPSA) is 104 Å². The van der Waals surface area contributed by atoms with Gasteiger partial charge in [0.1, 0.15) is 5.52 Å². The molecule has 0 aliphatic rings. The first-order chi connectivity index (χ1) is 12.8. The lowest BCUT2D eigenvalue weighted by Gasteiger charge is -2.09. The highest BCUT2D eigenvalue weighted by atomic mass is 16.5. The van der Waals surface area contributed by atoms with Crippen LogP contribution in [0.3, 0.4) is 0 Å². The Morgan fingerprint density at radius 1 is 1.08 bits per heavy atom. The van der Waals surface area contributed by atoms with Gasteiger partial charge < -0.3 is 25.3 Å². The van der Waals surface area contributed by atoms with Crippen molar-refractivity contribution < 1.29 is 4.74 Å². The van der Waals surface area contributed by atoms with Crippen molar-refractivity contribution in [2.75, 3.05) is 37.4 Å². The minimum atomic E-state index is 0.560. The molecule has 4 aromatic rings. The number of H-pyrrole nitrogens is 2. The van der Waals surface area contributed by atoms with Crippen molar-refractivity contribution in [2.24, 2.45) is 0 Å². The number of fused-ring (bicyclic) bond motifs is 2. The van der Waals surface area contributed by atoms with Gasteiger partial charge in [0.05, 0.1) is 12.9 Å². The van der Waals surface area contributed by atoms with E-state index in [9.17, 15) is 0 Å². The summed E-state index contributed by atoms with van der Waals surface area (Å²) in [4.78, 5) is 19.6. The molecule has 0 spiro atoms. The van der Waals surface area contributed by atoms with Crippen LogP contribution in [0.15, 0.2) is 36.8 Å². The Bertz CT molecular complexity index is 1010. The fourth-order valence-electron chi connectivity index (χ4n) is 2.96. The SMILES string of the molecule is COCCNc1nc(NCCc2c[nH]c3ccccc23)nc2nc[nH]c12. The summed E-state index contributed by atoms with van der Waals surface area (Å²) in [5.41, 5.74) is 3.85. The van der Waals surface area contributed by atoms with E-state index < -0.39 is 0 Å². The van der Waals surface area contributed by atoms with E-state index in [1.165, 1.54) is 10.9 Å². The molecular formula is C18H21N7O. The normalized spacial score (nSPS) is 11.3. The average Bonchev–Trinajstić information content (AvgIpc) is 3.29. The molecule has 0 aliphatic heterocycles. The fraction of sp³-hybridized carbons (Fsp3) is 0.278. The van der Waals surface area contributed by atoms with E-state index in [-0.39, 0.29) is 0 Å². The van der Waals surface area contributed by atoms with Crippen molar-refractivity contribution in [3.8, 4) is 0 Å². The zero-order chi connectivity index (χ0) is 17.8. The van der Waals surface area contributed by atoms with Crippen molar-refractivity contribution in [1.82, 2.24) is 24.9 Å². The molecular weight excluding hydrogens is 330 g/mol. The molecule has 0 bridgehead atoms. The Kier molecular flexibility index (Phi) is 4.65. The standard InChI is InChI=1S/C18H21N7O/c1-26-9-8-19-16-15-17(23-11-22-15)25-18(24-16)20-7-6-12-10-21-14-5-3-2-4-13(12)14/h2-5,10-11,21H,6-9H2,1H3,(H3,19,20,22,23,24,25). The summed E-state index contributed by atoms with van der Waals surface area (Å²) in [6.45, 7) is 1.99. The van der Waals surface area contributed by atoms with Gasteiger partial charge in [-0.05, 0) is 18.1 Å². The van der Waals surface area contributed by atoms with Gasteiger partial charge in [-0.25, -0.2) is 4.98 Å². The molecule has 0 atom stereocenters. The molecule has 0 saturated heterocycles. The third-order valence-electron chi connectivity index (χ3n) is 4.24. The van der Waals surface area contributed by atoms with Crippen LogP contribution < -0.4 is 10.6 Å². The lowest BCUT2D eigenvalue weighted by molar-refractivity contribution is 0.210. The lowest BCUT2D eigenvalue weighted by atomic mass is 10.1. The highest BCUT2D eigenvalue weighted by Crippen LogP contribution is 2.20. The first-order valence-electron chi connectivity index (χ1n) is 8.58. The summed E-state index contributed by atoms with van der Waals surface area (Å²) < 4.78 is 5.08. The fourth-order valence-corrected chi connectivity index (χ4v) is 2.96. The monoisotopic (exact) mass is 351 g/mol. The predicted molar refractivity (Wildman–Crippen MR) is 103 cm³/mol. The molecule has 0 saturated carbocycles. The summed E-state index contributed by atoms with van der Waals surface area (Å²) in [6.07, 6.45) is 4.55. The van der Waals surface area contributed by atoms with Crippen molar-refractivity contribution in [2.45, 2.75) is 6.42 Å². The minimum Gasteiger partial charge on any atom is -0.383 e.